The average molecular weight is 476 g/mol. The van der Waals surface area contributed by atoms with Gasteiger partial charge in [0.05, 0.1) is 47.5 Å². The Morgan fingerprint density at radius 1 is 0.857 bits per heavy atom. The summed E-state index contributed by atoms with van der Waals surface area (Å²) in [5.41, 5.74) is 2.77. The van der Waals surface area contributed by atoms with Crippen LogP contribution in [-0.2, 0) is 28.1 Å². The molecule has 2 aliphatic heterocycles. The number of methoxy groups -OCH3 is 4. The van der Waals surface area contributed by atoms with E-state index < -0.39 is 5.72 Å². The maximum atomic E-state index is 13.7. The lowest BCUT2D eigenvalue weighted by Crippen LogP contribution is -2.52. The zero-order valence-corrected chi connectivity index (χ0v) is 20.4. The smallest absolute Gasteiger partial charge is 0.230 e. The first kappa shape index (κ1) is 23.1. The van der Waals surface area contributed by atoms with Crippen LogP contribution in [-0.4, -0.2) is 45.9 Å². The first-order valence-corrected chi connectivity index (χ1v) is 11.5. The van der Waals surface area contributed by atoms with Gasteiger partial charge in [0.15, 0.2) is 28.7 Å². The number of ether oxygens (including phenoxy) is 5. The Balaban J connectivity index is 1.68. The van der Waals surface area contributed by atoms with Gasteiger partial charge in [0.2, 0.25) is 5.91 Å². The van der Waals surface area contributed by atoms with Crippen LogP contribution in [0.4, 0.5) is 0 Å². The molecule has 7 heteroatoms. The highest BCUT2D eigenvalue weighted by atomic mass is 16.5. The van der Waals surface area contributed by atoms with Gasteiger partial charge in [-0.15, -0.1) is 0 Å². The third kappa shape index (κ3) is 3.76. The first-order chi connectivity index (χ1) is 17.0. The predicted octanol–water partition coefficient (Wildman–Crippen LogP) is 4.27. The Bertz CT molecular complexity index is 1240. The van der Waals surface area contributed by atoms with Gasteiger partial charge in [-0.05, 0) is 41.0 Å². The third-order valence-electron chi connectivity index (χ3n) is 6.90. The summed E-state index contributed by atoms with van der Waals surface area (Å²) >= 11 is 0. The summed E-state index contributed by atoms with van der Waals surface area (Å²) in [6, 6.07) is 19.4. The largest absolute Gasteiger partial charge is 0.493 e. The van der Waals surface area contributed by atoms with Gasteiger partial charge in [-0.2, -0.15) is 0 Å². The van der Waals surface area contributed by atoms with Gasteiger partial charge < -0.3 is 28.6 Å². The molecular weight excluding hydrogens is 446 g/mol. The zero-order chi connectivity index (χ0) is 24.6. The molecule has 0 aromatic heterocycles. The zero-order valence-electron chi connectivity index (χ0n) is 20.4. The normalized spacial score (nSPS) is 20.7. The number of hydrogen-bond donors (Lipinski definition) is 0. The lowest BCUT2D eigenvalue weighted by atomic mass is 9.83. The van der Waals surface area contributed by atoms with Crippen LogP contribution < -0.4 is 18.9 Å². The molecule has 0 aliphatic carbocycles. The highest BCUT2D eigenvalue weighted by Crippen LogP contribution is 2.51. The van der Waals surface area contributed by atoms with Crippen LogP contribution in [0.5, 0.6) is 23.0 Å². The van der Waals surface area contributed by atoms with E-state index in [0.29, 0.717) is 36.0 Å². The molecular formula is C28H29NO6. The second-order valence-electron chi connectivity index (χ2n) is 8.69. The predicted molar refractivity (Wildman–Crippen MR) is 130 cm³/mol. The second kappa shape index (κ2) is 9.15. The monoisotopic (exact) mass is 475 g/mol. The van der Waals surface area contributed by atoms with Crippen LogP contribution in [0.2, 0.25) is 0 Å². The van der Waals surface area contributed by atoms with Gasteiger partial charge in [0, 0.05) is 12.0 Å². The highest BCUT2D eigenvalue weighted by molar-refractivity contribution is 5.84. The van der Waals surface area contributed by atoms with Crippen LogP contribution in [0.3, 0.4) is 0 Å². The molecule has 7 nitrogen and oxygen atoms in total. The molecule has 1 fully saturated rings. The summed E-state index contributed by atoms with van der Waals surface area (Å²) in [5, 5.41) is 0. The topological polar surface area (TPSA) is 66.5 Å². The number of rotatable bonds is 7. The maximum absolute atomic E-state index is 13.7. The van der Waals surface area contributed by atoms with Crippen molar-refractivity contribution < 1.29 is 28.5 Å². The van der Waals surface area contributed by atoms with Crippen molar-refractivity contribution in [1.29, 1.82) is 0 Å². The molecule has 0 unspecified atom stereocenters. The Morgan fingerprint density at radius 3 is 2.20 bits per heavy atom. The van der Waals surface area contributed by atoms with Crippen molar-refractivity contribution in [3.63, 3.8) is 0 Å². The molecule has 0 N–H and O–H groups in total. The summed E-state index contributed by atoms with van der Waals surface area (Å²) in [4.78, 5) is 15.6. The van der Waals surface area contributed by atoms with Gasteiger partial charge in [-0.1, -0.05) is 36.4 Å². The van der Waals surface area contributed by atoms with Crippen LogP contribution in [0, 0.1) is 0 Å². The van der Waals surface area contributed by atoms with Crippen molar-refractivity contribution in [1.82, 2.24) is 4.90 Å². The van der Waals surface area contributed by atoms with Crippen molar-refractivity contribution in [3.8, 4) is 23.0 Å². The van der Waals surface area contributed by atoms with Crippen molar-refractivity contribution in [2.24, 2.45) is 0 Å². The fraction of sp³-hybridized carbons (Fsp3) is 0.321. The molecule has 2 atom stereocenters. The molecule has 3 aromatic rings. The molecule has 182 valence electrons. The number of fused-ring (bicyclic) bond motifs is 3. The molecule has 0 spiro atoms. The van der Waals surface area contributed by atoms with Gasteiger partial charge >= 0.3 is 0 Å². The molecule has 0 radical (unpaired) electrons. The Morgan fingerprint density at radius 2 is 1.51 bits per heavy atom. The minimum Gasteiger partial charge on any atom is -0.493 e. The van der Waals surface area contributed by atoms with Crippen LogP contribution in [0.1, 0.15) is 28.3 Å². The molecule has 1 amide bonds. The fourth-order valence-electron chi connectivity index (χ4n) is 5.29. The Labute approximate surface area is 205 Å². The molecule has 2 heterocycles. The van der Waals surface area contributed by atoms with Crippen LogP contribution >= 0.6 is 0 Å². The lowest BCUT2D eigenvalue weighted by molar-refractivity contribution is -0.156. The number of nitrogens with zero attached hydrogens (tertiary/aromatic N) is 1. The minimum absolute atomic E-state index is 0.0107. The summed E-state index contributed by atoms with van der Waals surface area (Å²) in [6.45, 7) is 0.386. The van der Waals surface area contributed by atoms with Crippen molar-refractivity contribution in [3.05, 3.63) is 82.9 Å². The van der Waals surface area contributed by atoms with E-state index in [-0.39, 0.29) is 18.4 Å². The van der Waals surface area contributed by atoms with Crippen LogP contribution in [0.25, 0.3) is 0 Å². The van der Waals surface area contributed by atoms with E-state index in [1.54, 1.807) is 28.4 Å². The van der Waals surface area contributed by atoms with E-state index in [4.69, 9.17) is 23.7 Å². The Hall–Kier alpha value is -3.71. The summed E-state index contributed by atoms with van der Waals surface area (Å²) < 4.78 is 28.8. The SMILES string of the molecule is COc1ccc(C[C@]23OC[C@H](c4ccccc4)N2C(=O)Cc2cc(OC)c(OC)cc23)cc1OC. The number of benzene rings is 3. The van der Waals surface area contributed by atoms with Crippen molar-refractivity contribution in [2.45, 2.75) is 24.6 Å². The minimum atomic E-state index is -1.01. The summed E-state index contributed by atoms with van der Waals surface area (Å²) in [7, 11) is 6.43. The molecule has 1 saturated heterocycles. The number of hydrogen-bond acceptors (Lipinski definition) is 6. The van der Waals surface area contributed by atoms with E-state index in [1.807, 2.05) is 65.6 Å². The van der Waals surface area contributed by atoms with Gasteiger partial charge in [0.25, 0.3) is 0 Å². The van der Waals surface area contributed by atoms with E-state index in [0.717, 1.165) is 22.3 Å². The summed E-state index contributed by atoms with van der Waals surface area (Å²) in [5.74, 6) is 2.47. The van der Waals surface area contributed by atoms with Crippen LogP contribution in [0.15, 0.2) is 60.7 Å². The Kier molecular flexibility index (Phi) is 6.03. The van der Waals surface area contributed by atoms with Crippen molar-refractivity contribution >= 4 is 5.91 Å². The lowest BCUT2D eigenvalue weighted by Gasteiger charge is -2.44. The van der Waals surface area contributed by atoms with Gasteiger partial charge in [-0.3, -0.25) is 4.79 Å². The first-order valence-electron chi connectivity index (χ1n) is 11.5. The standard InChI is InChI=1S/C28H29NO6/c1-31-23-11-10-18(12-24(23)32-2)16-28-21-15-26(34-4)25(33-3)13-20(21)14-27(30)29(28)22(17-35-28)19-8-6-5-7-9-19/h5-13,15,22H,14,16-17H2,1-4H3/t22-,28-/m1/s1. The molecule has 0 saturated carbocycles. The quantitative estimate of drug-likeness (QED) is 0.509. The molecule has 35 heavy (non-hydrogen) atoms. The number of amides is 1. The van der Waals surface area contributed by atoms with E-state index in [1.165, 1.54) is 0 Å². The fourth-order valence-corrected chi connectivity index (χ4v) is 5.29. The highest BCUT2D eigenvalue weighted by Gasteiger charge is 2.55. The van der Waals surface area contributed by atoms with E-state index in [9.17, 15) is 4.79 Å². The van der Waals surface area contributed by atoms with Crippen molar-refractivity contribution in [2.75, 3.05) is 35.0 Å². The molecule has 5 rings (SSSR count). The number of carbonyl (C=O) groups is 1. The maximum Gasteiger partial charge on any atom is 0.230 e. The molecule has 0 bridgehead atoms. The third-order valence-corrected chi connectivity index (χ3v) is 6.90. The average Bonchev–Trinajstić information content (AvgIpc) is 3.29. The van der Waals surface area contributed by atoms with E-state index in [2.05, 4.69) is 0 Å². The number of carbonyl (C=O) groups excluding carboxylic acids is 1. The second-order valence-corrected chi connectivity index (χ2v) is 8.69. The van der Waals surface area contributed by atoms with Gasteiger partial charge in [-0.25, -0.2) is 0 Å². The van der Waals surface area contributed by atoms with E-state index >= 15 is 0 Å². The molecule has 3 aromatic carbocycles. The summed E-state index contributed by atoms with van der Waals surface area (Å²) in [6.07, 6.45) is 0.695. The van der Waals surface area contributed by atoms with Gasteiger partial charge in [0.1, 0.15) is 0 Å². The molecule has 2 aliphatic rings.